The van der Waals surface area contributed by atoms with Crippen LogP contribution in [0.4, 0.5) is 5.82 Å². The monoisotopic (exact) mass is 330 g/mol. The summed E-state index contributed by atoms with van der Waals surface area (Å²) in [7, 11) is 0. The van der Waals surface area contributed by atoms with Gasteiger partial charge < -0.3 is 15.2 Å². The maximum atomic E-state index is 11.9. The Morgan fingerprint density at radius 3 is 3.00 bits per heavy atom. The molecule has 24 heavy (non-hydrogen) atoms. The molecule has 0 spiro atoms. The molecule has 0 bridgehead atoms. The molecule has 1 aliphatic rings. The van der Waals surface area contributed by atoms with Gasteiger partial charge >= 0.3 is 0 Å². The third-order valence-electron chi connectivity index (χ3n) is 4.47. The molecule has 7 nitrogen and oxygen atoms in total. The lowest BCUT2D eigenvalue weighted by molar-refractivity contribution is 0.422. The van der Waals surface area contributed by atoms with Crippen LogP contribution < -0.4 is 15.8 Å². The summed E-state index contributed by atoms with van der Waals surface area (Å²) in [5, 5.41) is 8.09. The smallest absolute Gasteiger partial charge is 0.267 e. The normalized spacial score (nSPS) is 18.3. The Bertz CT molecular complexity index is 693. The Morgan fingerprint density at radius 1 is 1.38 bits per heavy atom. The number of aromatic nitrogens is 4. The molecule has 3 heterocycles. The van der Waals surface area contributed by atoms with Gasteiger partial charge in [0.1, 0.15) is 5.82 Å². The van der Waals surface area contributed by atoms with Crippen LogP contribution in [-0.2, 0) is 6.54 Å². The molecule has 1 aliphatic heterocycles. The lowest BCUT2D eigenvalue weighted by Crippen LogP contribution is -2.46. The highest BCUT2D eigenvalue weighted by molar-refractivity contribution is 5.39. The lowest BCUT2D eigenvalue weighted by Gasteiger charge is -2.37. The number of hydrogen-bond acceptors (Lipinski definition) is 5. The van der Waals surface area contributed by atoms with Crippen molar-refractivity contribution in [3.63, 3.8) is 0 Å². The van der Waals surface area contributed by atoms with Crippen molar-refractivity contribution in [2.24, 2.45) is 0 Å². The van der Waals surface area contributed by atoms with Crippen LogP contribution in [0.15, 0.2) is 29.5 Å². The summed E-state index contributed by atoms with van der Waals surface area (Å²) in [4.78, 5) is 21.4. The summed E-state index contributed by atoms with van der Waals surface area (Å²) in [6, 6.07) is 3.95. The van der Waals surface area contributed by atoms with Crippen LogP contribution >= 0.6 is 0 Å². The zero-order chi connectivity index (χ0) is 16.9. The van der Waals surface area contributed by atoms with Crippen LogP contribution in [0, 0.1) is 0 Å². The molecule has 0 amide bonds. The lowest BCUT2D eigenvalue weighted by atomic mass is 10.0. The molecule has 0 saturated carbocycles. The van der Waals surface area contributed by atoms with Crippen molar-refractivity contribution in [3.8, 4) is 0 Å². The van der Waals surface area contributed by atoms with Gasteiger partial charge in [-0.05, 0) is 39.2 Å². The Labute approximate surface area is 142 Å². The van der Waals surface area contributed by atoms with Gasteiger partial charge in [0.05, 0.1) is 12.4 Å². The third kappa shape index (κ3) is 3.84. The average Bonchev–Trinajstić information content (AvgIpc) is 3.09. The zero-order valence-corrected chi connectivity index (χ0v) is 14.4. The average molecular weight is 330 g/mol. The van der Waals surface area contributed by atoms with Crippen molar-refractivity contribution >= 4 is 5.82 Å². The molecule has 1 fully saturated rings. The van der Waals surface area contributed by atoms with Crippen LogP contribution in [0.25, 0.3) is 0 Å². The van der Waals surface area contributed by atoms with Gasteiger partial charge in [-0.15, -0.1) is 0 Å². The fraction of sp³-hybridized carbons (Fsp3) is 0.588. The van der Waals surface area contributed by atoms with Crippen molar-refractivity contribution in [1.82, 2.24) is 25.1 Å². The molecular weight excluding hydrogens is 304 g/mol. The summed E-state index contributed by atoms with van der Waals surface area (Å²) >= 11 is 0. The molecule has 1 unspecified atom stereocenters. The number of rotatable bonds is 6. The SMILES string of the molecule is CC(C)n1nc(N2CCCCC2CNCc2cnc[nH]2)ccc1=O. The molecule has 130 valence electrons. The first kappa shape index (κ1) is 16.7. The molecule has 1 atom stereocenters. The second-order valence-electron chi connectivity index (χ2n) is 6.62. The summed E-state index contributed by atoms with van der Waals surface area (Å²) in [6.07, 6.45) is 7.07. The van der Waals surface area contributed by atoms with Gasteiger partial charge in [0.15, 0.2) is 0 Å². The first-order valence-corrected chi connectivity index (χ1v) is 8.69. The highest BCUT2D eigenvalue weighted by Gasteiger charge is 2.24. The summed E-state index contributed by atoms with van der Waals surface area (Å²) in [5.74, 6) is 0.899. The number of imidazole rings is 1. The van der Waals surface area contributed by atoms with Crippen molar-refractivity contribution < 1.29 is 0 Å². The topological polar surface area (TPSA) is 78.8 Å². The predicted octanol–water partition coefficient (Wildman–Crippen LogP) is 1.70. The highest BCUT2D eigenvalue weighted by atomic mass is 16.1. The molecule has 0 aliphatic carbocycles. The van der Waals surface area contributed by atoms with Crippen LogP contribution in [-0.4, -0.2) is 38.9 Å². The number of piperidine rings is 1. The second-order valence-corrected chi connectivity index (χ2v) is 6.62. The molecule has 1 saturated heterocycles. The first-order chi connectivity index (χ1) is 11.6. The van der Waals surface area contributed by atoms with E-state index in [1.807, 2.05) is 26.1 Å². The van der Waals surface area contributed by atoms with E-state index in [1.165, 1.54) is 12.8 Å². The van der Waals surface area contributed by atoms with Crippen molar-refractivity contribution in [2.45, 2.75) is 51.7 Å². The maximum Gasteiger partial charge on any atom is 0.267 e. The minimum absolute atomic E-state index is 0.0420. The predicted molar refractivity (Wildman–Crippen MR) is 94.2 cm³/mol. The fourth-order valence-corrected chi connectivity index (χ4v) is 3.21. The minimum atomic E-state index is -0.0420. The number of aromatic amines is 1. The van der Waals surface area contributed by atoms with Crippen LogP contribution in [0.2, 0.25) is 0 Å². The second kappa shape index (κ2) is 7.61. The molecule has 3 rings (SSSR count). The first-order valence-electron chi connectivity index (χ1n) is 8.69. The number of nitrogens with one attached hydrogen (secondary N) is 2. The maximum absolute atomic E-state index is 11.9. The number of anilines is 1. The van der Waals surface area contributed by atoms with Gasteiger partial charge in [0.2, 0.25) is 0 Å². The highest BCUT2D eigenvalue weighted by Crippen LogP contribution is 2.22. The van der Waals surface area contributed by atoms with E-state index in [0.717, 1.165) is 37.6 Å². The largest absolute Gasteiger partial charge is 0.351 e. The summed E-state index contributed by atoms with van der Waals surface area (Å²) < 4.78 is 1.57. The fourth-order valence-electron chi connectivity index (χ4n) is 3.21. The summed E-state index contributed by atoms with van der Waals surface area (Å²) in [5.41, 5.74) is 1.04. The Hall–Kier alpha value is -2.15. The van der Waals surface area contributed by atoms with Crippen LogP contribution in [0.1, 0.15) is 44.8 Å². The minimum Gasteiger partial charge on any atom is -0.351 e. The van der Waals surface area contributed by atoms with Crippen molar-refractivity contribution in [1.29, 1.82) is 0 Å². The molecular formula is C17H26N6O. The van der Waals surface area contributed by atoms with E-state index in [9.17, 15) is 4.79 Å². The van der Waals surface area contributed by atoms with Gasteiger partial charge in [0.25, 0.3) is 5.56 Å². The Kier molecular flexibility index (Phi) is 5.30. The van der Waals surface area contributed by atoms with E-state index in [-0.39, 0.29) is 11.6 Å². The van der Waals surface area contributed by atoms with E-state index in [2.05, 4.69) is 25.3 Å². The van der Waals surface area contributed by atoms with E-state index in [4.69, 9.17) is 0 Å². The van der Waals surface area contributed by atoms with E-state index in [1.54, 1.807) is 17.1 Å². The Balaban J connectivity index is 1.69. The molecule has 2 aromatic heterocycles. The molecule has 0 aromatic carbocycles. The Morgan fingerprint density at radius 2 is 2.25 bits per heavy atom. The van der Waals surface area contributed by atoms with Gasteiger partial charge in [-0.3, -0.25) is 4.79 Å². The number of nitrogens with zero attached hydrogens (tertiary/aromatic N) is 4. The molecule has 0 radical (unpaired) electrons. The summed E-state index contributed by atoms with van der Waals surface area (Å²) in [6.45, 7) is 6.63. The van der Waals surface area contributed by atoms with Crippen molar-refractivity contribution in [2.75, 3.05) is 18.0 Å². The van der Waals surface area contributed by atoms with E-state index >= 15 is 0 Å². The van der Waals surface area contributed by atoms with Crippen LogP contribution in [0.5, 0.6) is 0 Å². The third-order valence-corrected chi connectivity index (χ3v) is 4.47. The quantitative estimate of drug-likeness (QED) is 0.843. The number of hydrogen-bond donors (Lipinski definition) is 2. The van der Waals surface area contributed by atoms with Gasteiger partial charge in [-0.1, -0.05) is 0 Å². The number of H-pyrrole nitrogens is 1. The van der Waals surface area contributed by atoms with E-state index < -0.39 is 0 Å². The molecule has 7 heteroatoms. The molecule has 2 aromatic rings. The van der Waals surface area contributed by atoms with E-state index in [0.29, 0.717) is 6.04 Å². The molecule has 2 N–H and O–H groups in total. The van der Waals surface area contributed by atoms with Crippen LogP contribution in [0.3, 0.4) is 0 Å². The zero-order valence-electron chi connectivity index (χ0n) is 14.4. The standard InChI is InChI=1S/C17H26N6O/c1-13(2)23-17(24)7-6-16(21-23)22-8-4-3-5-15(22)11-18-9-14-10-19-12-20-14/h6-7,10,12-13,15,18H,3-5,8-9,11H2,1-2H3,(H,19,20). The van der Waals surface area contributed by atoms with Gasteiger partial charge in [0, 0.05) is 43.6 Å². The van der Waals surface area contributed by atoms with Crippen molar-refractivity contribution in [3.05, 3.63) is 40.7 Å². The van der Waals surface area contributed by atoms with Gasteiger partial charge in [-0.25, -0.2) is 9.67 Å². The van der Waals surface area contributed by atoms with Gasteiger partial charge in [-0.2, -0.15) is 5.10 Å².